The van der Waals surface area contributed by atoms with Gasteiger partial charge in [-0.05, 0) is 78.7 Å². The summed E-state index contributed by atoms with van der Waals surface area (Å²) >= 11 is 8.86. The van der Waals surface area contributed by atoms with E-state index in [1.807, 2.05) is 19.1 Å². The van der Waals surface area contributed by atoms with E-state index in [-0.39, 0.29) is 15.9 Å². The summed E-state index contributed by atoms with van der Waals surface area (Å²) in [6.07, 6.45) is 8.44. The SMILES string of the molecule is CCC[C@H]1CC[C@H](c2ccc3c(F)c(OC(=S)S)c(CC)cc3c2)CC1. The third-order valence-corrected chi connectivity index (χ3v) is 5.89. The minimum Gasteiger partial charge on any atom is -0.437 e. The van der Waals surface area contributed by atoms with Gasteiger partial charge in [-0.15, -0.1) is 0 Å². The van der Waals surface area contributed by atoms with Crippen LogP contribution >= 0.6 is 24.8 Å². The summed E-state index contributed by atoms with van der Waals surface area (Å²) in [5.74, 6) is 1.37. The van der Waals surface area contributed by atoms with Crippen molar-refractivity contribution >= 4 is 40.0 Å². The van der Waals surface area contributed by atoms with Gasteiger partial charge in [0.2, 0.25) is 4.38 Å². The maximum absolute atomic E-state index is 15.0. The van der Waals surface area contributed by atoms with Gasteiger partial charge in [-0.2, -0.15) is 0 Å². The number of halogens is 1. The molecule has 1 nitrogen and oxygen atoms in total. The van der Waals surface area contributed by atoms with Gasteiger partial charge in [0.1, 0.15) is 0 Å². The monoisotopic (exact) mass is 390 g/mol. The van der Waals surface area contributed by atoms with Crippen LogP contribution in [0.25, 0.3) is 10.8 Å². The molecule has 0 aliphatic heterocycles. The number of hydrogen-bond donors (Lipinski definition) is 1. The highest BCUT2D eigenvalue weighted by Gasteiger charge is 2.23. The maximum atomic E-state index is 15.0. The third kappa shape index (κ3) is 4.23. The lowest BCUT2D eigenvalue weighted by Gasteiger charge is -2.29. The number of benzene rings is 2. The zero-order valence-electron chi connectivity index (χ0n) is 15.6. The molecule has 0 atom stereocenters. The Balaban J connectivity index is 1.90. The average molecular weight is 391 g/mol. The quantitative estimate of drug-likeness (QED) is 0.427. The van der Waals surface area contributed by atoms with Gasteiger partial charge >= 0.3 is 0 Å². The summed E-state index contributed by atoms with van der Waals surface area (Å²) in [6.45, 7) is 4.27. The second-order valence-electron chi connectivity index (χ2n) is 7.39. The molecule has 3 rings (SSSR count). The summed E-state index contributed by atoms with van der Waals surface area (Å²) in [5, 5.41) is 1.54. The van der Waals surface area contributed by atoms with E-state index in [4.69, 9.17) is 17.0 Å². The van der Waals surface area contributed by atoms with Crippen molar-refractivity contribution in [1.29, 1.82) is 0 Å². The molecule has 0 N–H and O–H groups in total. The van der Waals surface area contributed by atoms with Crippen LogP contribution in [0, 0.1) is 11.7 Å². The Kier molecular flexibility index (Phi) is 6.57. The topological polar surface area (TPSA) is 9.23 Å². The first kappa shape index (κ1) is 19.6. The molecular weight excluding hydrogens is 363 g/mol. The van der Waals surface area contributed by atoms with Crippen molar-refractivity contribution in [3.05, 3.63) is 41.2 Å². The van der Waals surface area contributed by atoms with Gasteiger partial charge in [-0.1, -0.05) is 57.5 Å². The smallest absolute Gasteiger partial charge is 0.222 e. The Hall–Kier alpha value is -1.13. The molecule has 1 saturated carbocycles. The van der Waals surface area contributed by atoms with E-state index in [0.717, 1.165) is 16.9 Å². The van der Waals surface area contributed by atoms with Crippen molar-refractivity contribution in [3.63, 3.8) is 0 Å². The van der Waals surface area contributed by atoms with Crippen LogP contribution in [-0.4, -0.2) is 4.38 Å². The number of thiocarbonyl (C=S) groups is 1. The number of fused-ring (bicyclic) bond motifs is 1. The highest BCUT2D eigenvalue weighted by atomic mass is 32.1. The molecule has 0 heterocycles. The predicted octanol–water partition coefficient (Wildman–Crippen LogP) is 7.21. The predicted molar refractivity (Wildman–Crippen MR) is 115 cm³/mol. The molecule has 1 fully saturated rings. The normalized spacial score (nSPS) is 20.3. The first-order chi connectivity index (χ1) is 12.5. The average Bonchev–Trinajstić information content (AvgIpc) is 2.64. The van der Waals surface area contributed by atoms with Crippen LogP contribution in [0.5, 0.6) is 5.75 Å². The van der Waals surface area contributed by atoms with Gasteiger partial charge in [0.05, 0.1) is 0 Å². The van der Waals surface area contributed by atoms with E-state index in [1.54, 1.807) is 0 Å². The highest BCUT2D eigenvalue weighted by molar-refractivity contribution is 8.10. The molecule has 0 amide bonds. The molecule has 140 valence electrons. The van der Waals surface area contributed by atoms with Crippen LogP contribution in [0.4, 0.5) is 4.39 Å². The molecule has 0 unspecified atom stereocenters. The fourth-order valence-corrected chi connectivity index (χ4v) is 4.50. The first-order valence-corrected chi connectivity index (χ1v) is 10.5. The number of ether oxygens (including phenoxy) is 1. The lowest BCUT2D eigenvalue weighted by molar-refractivity contribution is 0.308. The van der Waals surface area contributed by atoms with Crippen LogP contribution in [0.15, 0.2) is 24.3 Å². The molecule has 0 aromatic heterocycles. The van der Waals surface area contributed by atoms with Crippen LogP contribution in [0.3, 0.4) is 0 Å². The number of aryl methyl sites for hydroxylation is 1. The van der Waals surface area contributed by atoms with Crippen LogP contribution < -0.4 is 4.74 Å². The molecule has 2 aromatic rings. The van der Waals surface area contributed by atoms with Crippen molar-refractivity contribution in [2.45, 2.75) is 64.7 Å². The van der Waals surface area contributed by atoms with Crippen LogP contribution in [0.2, 0.25) is 0 Å². The Morgan fingerprint density at radius 2 is 1.92 bits per heavy atom. The third-order valence-electron chi connectivity index (χ3n) is 5.72. The lowest BCUT2D eigenvalue weighted by Crippen LogP contribution is -2.13. The Morgan fingerprint density at radius 1 is 1.19 bits per heavy atom. The Bertz CT molecular complexity index is 794. The summed E-state index contributed by atoms with van der Waals surface area (Å²) in [5.41, 5.74) is 2.17. The molecule has 0 spiro atoms. The standard InChI is InChI=1S/C22H27FOS2/c1-3-5-14-6-8-16(9-7-14)17-10-11-19-18(13-17)12-15(4-2)21(20(19)23)24-22(25)26/h10-14,16H,3-9H2,1-2H3,(H,25,26)/t14-,16-. The second kappa shape index (κ2) is 8.71. The van der Waals surface area contributed by atoms with Crippen molar-refractivity contribution < 1.29 is 9.13 Å². The van der Waals surface area contributed by atoms with Gasteiger partial charge in [-0.3, -0.25) is 0 Å². The van der Waals surface area contributed by atoms with Gasteiger partial charge in [-0.25, -0.2) is 4.39 Å². The van der Waals surface area contributed by atoms with E-state index < -0.39 is 0 Å². The largest absolute Gasteiger partial charge is 0.437 e. The van der Waals surface area contributed by atoms with Gasteiger partial charge in [0.15, 0.2) is 11.6 Å². The van der Waals surface area contributed by atoms with Crippen molar-refractivity contribution in [3.8, 4) is 5.75 Å². The molecule has 0 bridgehead atoms. The van der Waals surface area contributed by atoms with Gasteiger partial charge in [0, 0.05) is 5.39 Å². The molecule has 2 aromatic carbocycles. The van der Waals surface area contributed by atoms with Gasteiger partial charge in [0.25, 0.3) is 0 Å². The summed E-state index contributed by atoms with van der Waals surface area (Å²) < 4.78 is 20.4. The molecule has 1 aliphatic carbocycles. The highest BCUT2D eigenvalue weighted by Crippen LogP contribution is 2.39. The van der Waals surface area contributed by atoms with Crippen LogP contribution in [-0.2, 0) is 6.42 Å². The maximum Gasteiger partial charge on any atom is 0.222 e. The Morgan fingerprint density at radius 3 is 2.54 bits per heavy atom. The molecule has 0 radical (unpaired) electrons. The molecule has 0 saturated heterocycles. The lowest BCUT2D eigenvalue weighted by atomic mass is 9.77. The minimum absolute atomic E-state index is 0.0402. The molecule has 1 aliphatic rings. The zero-order valence-corrected chi connectivity index (χ0v) is 17.3. The van der Waals surface area contributed by atoms with E-state index in [2.05, 4.69) is 31.7 Å². The van der Waals surface area contributed by atoms with Crippen molar-refractivity contribution in [1.82, 2.24) is 0 Å². The van der Waals surface area contributed by atoms with Crippen LogP contribution in [0.1, 0.15) is 69.4 Å². The summed E-state index contributed by atoms with van der Waals surface area (Å²) in [7, 11) is 0. The summed E-state index contributed by atoms with van der Waals surface area (Å²) in [6, 6.07) is 8.19. The van der Waals surface area contributed by atoms with E-state index in [0.29, 0.717) is 17.7 Å². The Labute approximate surface area is 166 Å². The fourth-order valence-electron chi connectivity index (χ4n) is 4.32. The van der Waals surface area contributed by atoms with E-state index in [9.17, 15) is 4.39 Å². The number of hydrogen-bond acceptors (Lipinski definition) is 2. The molecule has 4 heteroatoms. The minimum atomic E-state index is -0.339. The van der Waals surface area contributed by atoms with Crippen molar-refractivity contribution in [2.75, 3.05) is 0 Å². The first-order valence-electron chi connectivity index (χ1n) is 9.69. The van der Waals surface area contributed by atoms with Gasteiger partial charge < -0.3 is 4.74 Å². The molecule has 26 heavy (non-hydrogen) atoms. The zero-order chi connectivity index (χ0) is 18.7. The fraction of sp³-hybridized carbons (Fsp3) is 0.500. The van der Waals surface area contributed by atoms with Crippen molar-refractivity contribution in [2.24, 2.45) is 5.92 Å². The second-order valence-corrected chi connectivity index (χ2v) is 8.47. The molecular formula is C22H27FOS2. The van der Waals surface area contributed by atoms with E-state index in [1.165, 1.54) is 44.1 Å². The van der Waals surface area contributed by atoms with E-state index >= 15 is 0 Å². The summed E-state index contributed by atoms with van der Waals surface area (Å²) in [4.78, 5) is 0. The number of thiol groups is 1. The number of rotatable bonds is 5.